The van der Waals surface area contributed by atoms with Gasteiger partial charge in [-0.1, -0.05) is 12.1 Å². The molecule has 0 aromatic heterocycles. The molecule has 0 aliphatic heterocycles. The van der Waals surface area contributed by atoms with Crippen molar-refractivity contribution in [2.24, 2.45) is 0 Å². The lowest BCUT2D eigenvalue weighted by Gasteiger charge is -2.03. The molecule has 1 aromatic carbocycles. The topological polar surface area (TPSA) is 35.5 Å². The Morgan fingerprint density at radius 1 is 1.38 bits per heavy atom. The smallest absolute Gasteiger partial charge is 0.172 e. The van der Waals surface area contributed by atoms with E-state index in [-0.39, 0.29) is 5.78 Å². The van der Waals surface area contributed by atoms with E-state index in [1.54, 1.807) is 32.0 Å². The molecular weight excluding hydrogens is 224 g/mol. The number of benzene rings is 1. The van der Waals surface area contributed by atoms with Gasteiger partial charge < -0.3 is 9.47 Å². The average molecular weight is 240 g/mol. The van der Waals surface area contributed by atoms with E-state index >= 15 is 0 Å². The summed E-state index contributed by atoms with van der Waals surface area (Å²) >= 11 is 1.58. The fourth-order valence-corrected chi connectivity index (χ4v) is 1.97. The fraction of sp³-hybridized carbons (Fsp3) is 0.417. The minimum absolute atomic E-state index is 0.125. The van der Waals surface area contributed by atoms with Crippen LogP contribution in [0.25, 0.3) is 0 Å². The minimum atomic E-state index is 0.125. The predicted octanol–water partition coefficient (Wildman–Crippen LogP) is 2.26. The van der Waals surface area contributed by atoms with Gasteiger partial charge in [-0.2, -0.15) is 11.8 Å². The molecule has 4 heteroatoms. The Morgan fingerprint density at radius 3 is 2.88 bits per heavy atom. The number of methoxy groups -OCH3 is 2. The van der Waals surface area contributed by atoms with E-state index in [1.807, 2.05) is 18.2 Å². The lowest BCUT2D eigenvalue weighted by molar-refractivity contribution is 0.102. The number of ether oxygens (including phenoxy) is 2. The molecule has 0 bridgehead atoms. The first kappa shape index (κ1) is 13.1. The van der Waals surface area contributed by atoms with E-state index in [0.29, 0.717) is 23.7 Å². The highest BCUT2D eigenvalue weighted by Crippen LogP contribution is 2.14. The largest absolute Gasteiger partial charge is 0.497 e. The van der Waals surface area contributed by atoms with Gasteiger partial charge in [0.25, 0.3) is 0 Å². The van der Waals surface area contributed by atoms with Crippen LogP contribution in [-0.2, 0) is 4.74 Å². The second-order valence-corrected chi connectivity index (χ2v) is 4.31. The van der Waals surface area contributed by atoms with Gasteiger partial charge in [0.2, 0.25) is 0 Å². The third kappa shape index (κ3) is 4.24. The molecule has 0 aliphatic carbocycles. The van der Waals surface area contributed by atoms with Crippen LogP contribution >= 0.6 is 11.8 Å². The lowest BCUT2D eigenvalue weighted by atomic mass is 10.1. The molecule has 1 rings (SSSR count). The van der Waals surface area contributed by atoms with Gasteiger partial charge in [-0.05, 0) is 12.1 Å². The van der Waals surface area contributed by atoms with Gasteiger partial charge in [0.1, 0.15) is 5.75 Å². The van der Waals surface area contributed by atoms with Crippen molar-refractivity contribution in [2.45, 2.75) is 0 Å². The van der Waals surface area contributed by atoms with E-state index < -0.39 is 0 Å². The molecule has 1 aromatic rings. The molecule has 0 unspecified atom stereocenters. The predicted molar refractivity (Wildman–Crippen MR) is 66.5 cm³/mol. The van der Waals surface area contributed by atoms with Crippen molar-refractivity contribution in [3.63, 3.8) is 0 Å². The molecule has 0 spiro atoms. The summed E-state index contributed by atoms with van der Waals surface area (Å²) in [5, 5.41) is 0. The highest BCUT2D eigenvalue weighted by molar-refractivity contribution is 8.00. The van der Waals surface area contributed by atoms with Gasteiger partial charge >= 0.3 is 0 Å². The molecule has 0 atom stereocenters. The number of Topliss-reactive ketones (excluding diaryl/α,β-unsaturated/α-hetero) is 1. The van der Waals surface area contributed by atoms with Crippen molar-refractivity contribution in [3.05, 3.63) is 29.8 Å². The third-order valence-corrected chi connectivity index (χ3v) is 2.98. The Kier molecular flexibility index (Phi) is 5.96. The van der Waals surface area contributed by atoms with Crippen molar-refractivity contribution in [1.29, 1.82) is 0 Å². The number of hydrogen-bond acceptors (Lipinski definition) is 4. The summed E-state index contributed by atoms with van der Waals surface area (Å²) in [6, 6.07) is 7.22. The van der Waals surface area contributed by atoms with Crippen LogP contribution in [0.4, 0.5) is 0 Å². The summed E-state index contributed by atoms with van der Waals surface area (Å²) in [5.41, 5.74) is 0.698. The first-order chi connectivity index (χ1) is 7.77. The summed E-state index contributed by atoms with van der Waals surface area (Å²) < 4.78 is 9.98. The molecule has 0 radical (unpaired) electrons. The Hall–Kier alpha value is -1.00. The molecule has 0 aliphatic rings. The molecule has 16 heavy (non-hydrogen) atoms. The third-order valence-electron chi connectivity index (χ3n) is 2.06. The molecule has 0 heterocycles. The van der Waals surface area contributed by atoms with E-state index in [1.165, 1.54) is 0 Å². The summed E-state index contributed by atoms with van der Waals surface area (Å²) in [5.74, 6) is 2.16. The zero-order valence-electron chi connectivity index (χ0n) is 9.56. The Bertz CT molecular complexity index is 339. The van der Waals surface area contributed by atoms with Gasteiger partial charge in [-0.15, -0.1) is 0 Å². The molecular formula is C12H16O3S. The van der Waals surface area contributed by atoms with Crippen molar-refractivity contribution in [1.82, 2.24) is 0 Å². The second-order valence-electron chi connectivity index (χ2n) is 3.20. The van der Waals surface area contributed by atoms with E-state index in [9.17, 15) is 4.79 Å². The molecule has 88 valence electrons. The quantitative estimate of drug-likeness (QED) is 0.541. The zero-order valence-corrected chi connectivity index (χ0v) is 10.4. The molecule has 0 N–H and O–H groups in total. The van der Waals surface area contributed by atoms with Crippen LogP contribution in [0.1, 0.15) is 10.4 Å². The average Bonchev–Trinajstić information content (AvgIpc) is 2.34. The van der Waals surface area contributed by atoms with E-state index in [2.05, 4.69) is 0 Å². The number of rotatable bonds is 7. The Morgan fingerprint density at radius 2 is 2.19 bits per heavy atom. The van der Waals surface area contributed by atoms with Crippen LogP contribution in [0.5, 0.6) is 5.75 Å². The summed E-state index contributed by atoms with van der Waals surface area (Å²) in [4.78, 5) is 11.8. The molecule has 3 nitrogen and oxygen atoms in total. The van der Waals surface area contributed by atoms with Crippen molar-refractivity contribution >= 4 is 17.5 Å². The SMILES string of the molecule is COCCSCC(=O)c1cccc(OC)c1. The van der Waals surface area contributed by atoms with Crippen molar-refractivity contribution in [3.8, 4) is 5.75 Å². The molecule has 0 saturated carbocycles. The van der Waals surface area contributed by atoms with Gasteiger partial charge in [-0.25, -0.2) is 0 Å². The monoisotopic (exact) mass is 240 g/mol. The number of hydrogen-bond donors (Lipinski definition) is 0. The van der Waals surface area contributed by atoms with E-state index in [4.69, 9.17) is 9.47 Å². The normalized spacial score (nSPS) is 10.1. The standard InChI is InChI=1S/C12H16O3S/c1-14-6-7-16-9-12(13)10-4-3-5-11(8-10)15-2/h3-5,8H,6-7,9H2,1-2H3. The summed E-state index contributed by atoms with van der Waals surface area (Å²) in [7, 11) is 3.25. The maximum atomic E-state index is 11.8. The lowest BCUT2D eigenvalue weighted by Crippen LogP contribution is -2.04. The summed E-state index contributed by atoms with van der Waals surface area (Å²) in [6.45, 7) is 0.677. The number of carbonyl (C=O) groups excluding carboxylic acids is 1. The molecule has 0 amide bonds. The van der Waals surface area contributed by atoms with E-state index in [0.717, 1.165) is 5.75 Å². The van der Waals surface area contributed by atoms with Crippen LogP contribution in [0.15, 0.2) is 24.3 Å². The number of ketones is 1. The number of thioether (sulfide) groups is 1. The van der Waals surface area contributed by atoms with Crippen molar-refractivity contribution in [2.75, 3.05) is 32.3 Å². The first-order valence-electron chi connectivity index (χ1n) is 5.02. The first-order valence-corrected chi connectivity index (χ1v) is 6.17. The minimum Gasteiger partial charge on any atom is -0.497 e. The highest BCUT2D eigenvalue weighted by atomic mass is 32.2. The molecule has 0 fully saturated rings. The molecule has 0 saturated heterocycles. The van der Waals surface area contributed by atoms with Gasteiger partial charge in [0.15, 0.2) is 5.78 Å². The Labute approximate surface area is 100 Å². The fourth-order valence-electron chi connectivity index (χ4n) is 1.19. The van der Waals surface area contributed by atoms with Crippen LogP contribution in [0, 0.1) is 0 Å². The van der Waals surface area contributed by atoms with Gasteiger partial charge in [-0.3, -0.25) is 4.79 Å². The summed E-state index contributed by atoms with van der Waals surface area (Å²) in [6.07, 6.45) is 0. The second kappa shape index (κ2) is 7.30. The maximum Gasteiger partial charge on any atom is 0.172 e. The van der Waals surface area contributed by atoms with Crippen LogP contribution < -0.4 is 4.74 Å². The Balaban J connectivity index is 2.46. The van der Waals surface area contributed by atoms with Crippen LogP contribution in [0.2, 0.25) is 0 Å². The number of carbonyl (C=O) groups is 1. The zero-order chi connectivity index (χ0) is 11.8. The highest BCUT2D eigenvalue weighted by Gasteiger charge is 2.06. The van der Waals surface area contributed by atoms with Crippen LogP contribution in [0.3, 0.4) is 0 Å². The maximum absolute atomic E-state index is 11.8. The van der Waals surface area contributed by atoms with Gasteiger partial charge in [0, 0.05) is 18.4 Å². The van der Waals surface area contributed by atoms with Gasteiger partial charge in [0.05, 0.1) is 19.5 Å². The van der Waals surface area contributed by atoms with Crippen LogP contribution in [-0.4, -0.2) is 38.1 Å². The van der Waals surface area contributed by atoms with Crippen molar-refractivity contribution < 1.29 is 14.3 Å².